The van der Waals surface area contributed by atoms with Crippen molar-refractivity contribution in [1.82, 2.24) is 9.78 Å². The lowest BCUT2D eigenvalue weighted by atomic mass is 10.1. The van der Waals surface area contributed by atoms with Crippen molar-refractivity contribution in [2.24, 2.45) is 0 Å². The minimum atomic E-state index is -0.345. The van der Waals surface area contributed by atoms with E-state index in [1.54, 1.807) is 0 Å². The molecule has 1 heterocycles. The number of aromatic nitrogens is 2. The first-order valence-corrected chi connectivity index (χ1v) is 9.30. The molecule has 4 rings (SSSR count). The second kappa shape index (κ2) is 7.23. The SMILES string of the molecule is CCOC(=O)c1nn(-c2ccccc2C)c2c1CC/C2=C/c1ccccc1. The summed E-state index contributed by atoms with van der Waals surface area (Å²) in [6.07, 6.45) is 3.88. The van der Waals surface area contributed by atoms with E-state index in [2.05, 4.69) is 36.3 Å². The molecular weight excluding hydrogens is 336 g/mol. The molecule has 0 bridgehead atoms. The van der Waals surface area contributed by atoms with Gasteiger partial charge in [0.15, 0.2) is 5.69 Å². The fraction of sp³-hybridized carbons (Fsp3) is 0.217. The molecule has 1 aliphatic carbocycles. The number of para-hydroxylation sites is 1. The zero-order valence-electron chi connectivity index (χ0n) is 15.6. The third kappa shape index (κ3) is 3.19. The van der Waals surface area contributed by atoms with Gasteiger partial charge >= 0.3 is 5.97 Å². The molecule has 0 spiro atoms. The van der Waals surface area contributed by atoms with E-state index in [0.717, 1.165) is 40.9 Å². The number of rotatable bonds is 4. The van der Waals surface area contributed by atoms with Gasteiger partial charge in [0.25, 0.3) is 0 Å². The highest BCUT2D eigenvalue weighted by molar-refractivity contribution is 5.94. The fourth-order valence-electron chi connectivity index (χ4n) is 3.62. The number of ether oxygens (including phenoxy) is 1. The summed E-state index contributed by atoms with van der Waals surface area (Å²) in [7, 11) is 0. The Balaban J connectivity index is 1.90. The van der Waals surface area contributed by atoms with Crippen LogP contribution in [0, 0.1) is 6.92 Å². The van der Waals surface area contributed by atoms with Crippen molar-refractivity contribution in [1.29, 1.82) is 0 Å². The van der Waals surface area contributed by atoms with Crippen molar-refractivity contribution in [2.75, 3.05) is 6.61 Å². The number of hydrogen-bond acceptors (Lipinski definition) is 3. The van der Waals surface area contributed by atoms with Crippen LogP contribution in [0.25, 0.3) is 17.3 Å². The van der Waals surface area contributed by atoms with E-state index in [1.165, 1.54) is 5.57 Å². The number of nitrogens with zero attached hydrogens (tertiary/aromatic N) is 2. The van der Waals surface area contributed by atoms with E-state index in [0.29, 0.717) is 12.3 Å². The predicted molar refractivity (Wildman–Crippen MR) is 107 cm³/mol. The summed E-state index contributed by atoms with van der Waals surface area (Å²) in [6.45, 7) is 4.22. The average molecular weight is 358 g/mol. The van der Waals surface area contributed by atoms with Crippen LogP contribution >= 0.6 is 0 Å². The summed E-state index contributed by atoms with van der Waals surface area (Å²) in [5.74, 6) is -0.345. The number of hydrogen-bond donors (Lipinski definition) is 0. The fourth-order valence-corrected chi connectivity index (χ4v) is 3.62. The maximum Gasteiger partial charge on any atom is 0.359 e. The molecule has 1 aromatic heterocycles. The van der Waals surface area contributed by atoms with Crippen molar-refractivity contribution in [2.45, 2.75) is 26.7 Å². The minimum Gasteiger partial charge on any atom is -0.461 e. The number of esters is 1. The Bertz CT molecular complexity index is 1020. The number of fused-ring (bicyclic) bond motifs is 1. The van der Waals surface area contributed by atoms with E-state index in [4.69, 9.17) is 4.74 Å². The van der Waals surface area contributed by atoms with Gasteiger partial charge in [0.1, 0.15) is 0 Å². The third-order valence-corrected chi connectivity index (χ3v) is 4.88. The van der Waals surface area contributed by atoms with Crippen LogP contribution in [0.3, 0.4) is 0 Å². The molecule has 0 saturated carbocycles. The molecule has 0 radical (unpaired) electrons. The van der Waals surface area contributed by atoms with Gasteiger partial charge in [-0.2, -0.15) is 5.10 Å². The molecule has 0 N–H and O–H groups in total. The van der Waals surface area contributed by atoms with E-state index < -0.39 is 0 Å². The predicted octanol–water partition coefficient (Wildman–Crippen LogP) is 4.84. The van der Waals surface area contributed by atoms with Crippen molar-refractivity contribution in [3.63, 3.8) is 0 Å². The first-order valence-electron chi connectivity index (χ1n) is 9.30. The third-order valence-electron chi connectivity index (χ3n) is 4.88. The topological polar surface area (TPSA) is 44.1 Å². The van der Waals surface area contributed by atoms with Crippen molar-refractivity contribution < 1.29 is 9.53 Å². The van der Waals surface area contributed by atoms with Gasteiger partial charge < -0.3 is 4.74 Å². The zero-order chi connectivity index (χ0) is 18.8. The summed E-state index contributed by atoms with van der Waals surface area (Å²) in [6, 6.07) is 18.4. The largest absolute Gasteiger partial charge is 0.461 e. The van der Waals surface area contributed by atoms with Crippen LogP contribution < -0.4 is 0 Å². The summed E-state index contributed by atoms with van der Waals surface area (Å²) >= 11 is 0. The highest BCUT2D eigenvalue weighted by atomic mass is 16.5. The van der Waals surface area contributed by atoms with E-state index in [9.17, 15) is 4.79 Å². The second-order valence-corrected chi connectivity index (χ2v) is 6.67. The molecule has 27 heavy (non-hydrogen) atoms. The summed E-state index contributed by atoms with van der Waals surface area (Å²) in [5.41, 5.74) is 6.90. The molecule has 0 unspecified atom stereocenters. The average Bonchev–Trinajstić information content (AvgIpc) is 3.25. The molecule has 4 heteroatoms. The van der Waals surface area contributed by atoms with E-state index in [1.807, 2.05) is 48.0 Å². The van der Waals surface area contributed by atoms with Gasteiger partial charge in [0.2, 0.25) is 0 Å². The number of aryl methyl sites for hydroxylation is 1. The summed E-state index contributed by atoms with van der Waals surface area (Å²) < 4.78 is 7.17. The van der Waals surface area contributed by atoms with Gasteiger partial charge in [-0.3, -0.25) is 0 Å². The highest BCUT2D eigenvalue weighted by Crippen LogP contribution is 2.38. The van der Waals surface area contributed by atoms with Crippen LogP contribution in [0.15, 0.2) is 54.6 Å². The van der Waals surface area contributed by atoms with E-state index in [-0.39, 0.29) is 5.97 Å². The number of benzene rings is 2. The van der Waals surface area contributed by atoms with Crippen molar-refractivity contribution >= 4 is 17.6 Å². The Morgan fingerprint density at radius 3 is 2.59 bits per heavy atom. The second-order valence-electron chi connectivity index (χ2n) is 6.67. The maximum absolute atomic E-state index is 12.5. The number of carbonyl (C=O) groups is 1. The first-order chi connectivity index (χ1) is 13.2. The van der Waals surface area contributed by atoms with Gasteiger partial charge in [-0.15, -0.1) is 0 Å². The molecule has 0 saturated heterocycles. The highest BCUT2D eigenvalue weighted by Gasteiger charge is 2.31. The molecule has 0 amide bonds. The quantitative estimate of drug-likeness (QED) is 0.627. The normalized spacial score (nSPS) is 14.4. The van der Waals surface area contributed by atoms with Crippen LogP contribution in [0.2, 0.25) is 0 Å². The molecule has 136 valence electrons. The summed E-state index contributed by atoms with van der Waals surface area (Å²) in [5, 5.41) is 4.67. The molecule has 2 aromatic carbocycles. The lowest BCUT2D eigenvalue weighted by Gasteiger charge is -2.10. The Kier molecular flexibility index (Phi) is 4.63. The number of allylic oxidation sites excluding steroid dienone is 1. The van der Waals surface area contributed by atoms with Gasteiger partial charge in [-0.25, -0.2) is 9.48 Å². The molecule has 4 nitrogen and oxygen atoms in total. The van der Waals surface area contributed by atoms with Crippen LogP contribution in [-0.2, 0) is 11.2 Å². The number of carbonyl (C=O) groups excluding carboxylic acids is 1. The molecule has 1 aliphatic rings. The Morgan fingerprint density at radius 1 is 1.11 bits per heavy atom. The van der Waals surface area contributed by atoms with Crippen LogP contribution in [-0.4, -0.2) is 22.4 Å². The smallest absolute Gasteiger partial charge is 0.359 e. The lowest BCUT2D eigenvalue weighted by molar-refractivity contribution is 0.0517. The van der Waals surface area contributed by atoms with Crippen LogP contribution in [0.4, 0.5) is 0 Å². The minimum absolute atomic E-state index is 0.345. The van der Waals surface area contributed by atoms with Gasteiger partial charge in [-0.05, 0) is 55.5 Å². The first kappa shape index (κ1) is 17.3. The molecule has 0 aliphatic heterocycles. The van der Waals surface area contributed by atoms with Gasteiger partial charge in [0.05, 0.1) is 18.0 Å². The van der Waals surface area contributed by atoms with Crippen LogP contribution in [0.5, 0.6) is 0 Å². The molecule has 3 aromatic rings. The Morgan fingerprint density at radius 2 is 1.85 bits per heavy atom. The van der Waals surface area contributed by atoms with Crippen molar-refractivity contribution in [3.05, 3.63) is 82.7 Å². The Hall–Kier alpha value is -3.14. The van der Waals surface area contributed by atoms with Crippen molar-refractivity contribution in [3.8, 4) is 5.69 Å². The summed E-state index contributed by atoms with van der Waals surface area (Å²) in [4.78, 5) is 12.5. The van der Waals surface area contributed by atoms with E-state index >= 15 is 0 Å². The molecule has 0 fully saturated rings. The van der Waals surface area contributed by atoms with Crippen LogP contribution in [0.1, 0.15) is 46.2 Å². The maximum atomic E-state index is 12.5. The van der Waals surface area contributed by atoms with Gasteiger partial charge in [0, 0.05) is 5.56 Å². The molecule has 0 atom stereocenters. The lowest BCUT2D eigenvalue weighted by Crippen LogP contribution is -2.09. The Labute approximate surface area is 159 Å². The zero-order valence-corrected chi connectivity index (χ0v) is 15.6. The molecular formula is C23H22N2O2. The standard InChI is InChI=1S/C23H22N2O2/c1-3-27-23(26)21-19-14-13-18(15-17-10-5-4-6-11-17)22(19)25(24-21)20-12-8-7-9-16(20)2/h4-12,15H,3,13-14H2,1-2H3/b18-15-. The van der Waals surface area contributed by atoms with Gasteiger partial charge in [-0.1, -0.05) is 48.5 Å². The monoisotopic (exact) mass is 358 g/mol.